The molecule has 1 atom stereocenters. The van der Waals surface area contributed by atoms with E-state index in [1.165, 1.54) is 12.1 Å². The molecule has 17 heavy (non-hydrogen) atoms. The molecule has 1 nitrogen and oxygen atoms in total. The number of benzene rings is 1. The highest BCUT2D eigenvalue weighted by molar-refractivity contribution is 5.17. The Morgan fingerprint density at radius 2 is 1.59 bits per heavy atom. The van der Waals surface area contributed by atoms with Crippen LogP contribution in [0.1, 0.15) is 44.6 Å². The number of halogens is 2. The Morgan fingerprint density at radius 1 is 1.00 bits per heavy atom. The Balaban J connectivity index is 2.18. The highest BCUT2D eigenvalue weighted by Crippen LogP contribution is 2.13. The largest absolute Gasteiger partial charge is 0.393 e. The van der Waals surface area contributed by atoms with Crippen LogP contribution >= 0.6 is 0 Å². The second-order valence-electron chi connectivity index (χ2n) is 4.58. The molecule has 0 fully saturated rings. The molecule has 0 aliphatic rings. The van der Waals surface area contributed by atoms with Gasteiger partial charge in [0.25, 0.3) is 0 Å². The molecule has 0 spiro atoms. The van der Waals surface area contributed by atoms with Crippen molar-refractivity contribution in [1.82, 2.24) is 0 Å². The van der Waals surface area contributed by atoms with Crippen LogP contribution in [0.5, 0.6) is 0 Å². The van der Waals surface area contributed by atoms with Gasteiger partial charge in [0, 0.05) is 6.07 Å². The summed E-state index contributed by atoms with van der Waals surface area (Å²) in [5.41, 5.74) is 0.720. The molecule has 1 aromatic rings. The van der Waals surface area contributed by atoms with Gasteiger partial charge in [0.1, 0.15) is 11.6 Å². The van der Waals surface area contributed by atoms with E-state index in [0.29, 0.717) is 6.42 Å². The Kier molecular flexibility index (Phi) is 6.12. The lowest BCUT2D eigenvalue weighted by Gasteiger charge is -2.04. The van der Waals surface area contributed by atoms with Gasteiger partial charge in [0.05, 0.1) is 6.10 Å². The predicted octanol–water partition coefficient (Wildman–Crippen LogP) is 3.84. The van der Waals surface area contributed by atoms with Crippen molar-refractivity contribution in [3.63, 3.8) is 0 Å². The minimum Gasteiger partial charge on any atom is -0.393 e. The maximum Gasteiger partial charge on any atom is 0.126 e. The van der Waals surface area contributed by atoms with Crippen molar-refractivity contribution in [1.29, 1.82) is 0 Å². The number of unbranched alkanes of at least 4 members (excludes halogenated alkanes) is 3. The molecular formula is C14H20F2O. The maximum absolute atomic E-state index is 12.9. The Bertz CT molecular complexity index is 317. The van der Waals surface area contributed by atoms with Crippen molar-refractivity contribution in [2.45, 2.75) is 51.6 Å². The summed E-state index contributed by atoms with van der Waals surface area (Å²) in [6.45, 7) is 1.79. The molecule has 0 bridgehead atoms. The molecule has 0 radical (unpaired) electrons. The number of hydrogen-bond donors (Lipinski definition) is 1. The van der Waals surface area contributed by atoms with E-state index in [4.69, 9.17) is 5.11 Å². The van der Waals surface area contributed by atoms with E-state index in [0.717, 1.165) is 43.7 Å². The fourth-order valence-corrected chi connectivity index (χ4v) is 1.88. The molecule has 0 saturated carbocycles. The predicted molar refractivity (Wildman–Crippen MR) is 64.8 cm³/mol. The second kappa shape index (κ2) is 7.38. The van der Waals surface area contributed by atoms with Gasteiger partial charge in [-0.1, -0.05) is 19.3 Å². The quantitative estimate of drug-likeness (QED) is 0.720. The lowest BCUT2D eigenvalue weighted by molar-refractivity contribution is 0.180. The van der Waals surface area contributed by atoms with Gasteiger partial charge in [0.15, 0.2) is 0 Å². The van der Waals surface area contributed by atoms with Crippen molar-refractivity contribution in [3.8, 4) is 0 Å². The highest BCUT2D eigenvalue weighted by Gasteiger charge is 2.01. The normalized spacial score (nSPS) is 12.7. The third kappa shape index (κ3) is 6.37. The summed E-state index contributed by atoms with van der Waals surface area (Å²) in [5, 5.41) is 9.06. The van der Waals surface area contributed by atoms with Crippen LogP contribution in [-0.4, -0.2) is 11.2 Å². The summed E-state index contributed by atoms with van der Waals surface area (Å²) in [6.07, 6.45) is 5.34. The molecule has 96 valence electrons. The van der Waals surface area contributed by atoms with Crippen LogP contribution < -0.4 is 0 Å². The van der Waals surface area contributed by atoms with E-state index in [1.807, 2.05) is 0 Å². The average Bonchev–Trinajstić information content (AvgIpc) is 2.21. The summed E-state index contributed by atoms with van der Waals surface area (Å²) in [7, 11) is 0. The number of rotatable bonds is 7. The molecule has 0 aliphatic heterocycles. The van der Waals surface area contributed by atoms with E-state index in [1.54, 1.807) is 6.92 Å². The Hall–Kier alpha value is -0.960. The molecule has 1 unspecified atom stereocenters. The Morgan fingerprint density at radius 3 is 2.18 bits per heavy atom. The Labute approximate surface area is 101 Å². The maximum atomic E-state index is 12.9. The molecule has 0 saturated heterocycles. The van der Waals surface area contributed by atoms with Crippen molar-refractivity contribution >= 4 is 0 Å². The van der Waals surface area contributed by atoms with Gasteiger partial charge in [-0.2, -0.15) is 0 Å². The van der Waals surface area contributed by atoms with Crippen molar-refractivity contribution in [2.24, 2.45) is 0 Å². The van der Waals surface area contributed by atoms with Gasteiger partial charge in [-0.3, -0.25) is 0 Å². The minimum atomic E-state index is -0.505. The van der Waals surface area contributed by atoms with Crippen molar-refractivity contribution in [3.05, 3.63) is 35.4 Å². The molecule has 3 heteroatoms. The molecule has 1 aromatic carbocycles. The second-order valence-corrected chi connectivity index (χ2v) is 4.58. The van der Waals surface area contributed by atoms with E-state index >= 15 is 0 Å². The first-order valence-corrected chi connectivity index (χ1v) is 6.21. The van der Waals surface area contributed by atoms with Crippen LogP contribution in [0, 0.1) is 11.6 Å². The van der Waals surface area contributed by atoms with Gasteiger partial charge in [-0.25, -0.2) is 8.78 Å². The minimum absolute atomic E-state index is 0.229. The highest BCUT2D eigenvalue weighted by atomic mass is 19.1. The molecule has 0 aromatic heterocycles. The number of aryl methyl sites for hydroxylation is 1. The molecule has 1 N–H and O–H groups in total. The van der Waals surface area contributed by atoms with Crippen LogP contribution in [0.4, 0.5) is 8.78 Å². The fraction of sp³-hybridized carbons (Fsp3) is 0.571. The van der Waals surface area contributed by atoms with Crippen LogP contribution in [0.2, 0.25) is 0 Å². The monoisotopic (exact) mass is 242 g/mol. The van der Waals surface area contributed by atoms with Crippen molar-refractivity contribution in [2.75, 3.05) is 0 Å². The van der Waals surface area contributed by atoms with Gasteiger partial charge in [-0.05, 0) is 43.9 Å². The summed E-state index contributed by atoms with van der Waals surface area (Å²) < 4.78 is 25.8. The van der Waals surface area contributed by atoms with E-state index in [-0.39, 0.29) is 6.10 Å². The van der Waals surface area contributed by atoms with E-state index < -0.39 is 11.6 Å². The van der Waals surface area contributed by atoms with Crippen molar-refractivity contribution < 1.29 is 13.9 Å². The van der Waals surface area contributed by atoms with E-state index in [9.17, 15) is 8.78 Å². The third-order valence-electron chi connectivity index (χ3n) is 2.76. The van der Waals surface area contributed by atoms with Gasteiger partial charge in [0.2, 0.25) is 0 Å². The molecule has 0 heterocycles. The third-order valence-corrected chi connectivity index (χ3v) is 2.76. The standard InChI is InChI=1S/C14H20F2O/c1-11(17)6-4-2-3-5-7-12-8-13(15)10-14(16)9-12/h8-11,17H,2-7H2,1H3. The van der Waals surface area contributed by atoms with Crippen LogP contribution in [0.15, 0.2) is 18.2 Å². The summed E-state index contributed by atoms with van der Waals surface area (Å²) in [6, 6.07) is 3.67. The van der Waals surface area contributed by atoms with Gasteiger partial charge < -0.3 is 5.11 Å². The molecule has 0 aliphatic carbocycles. The van der Waals surface area contributed by atoms with E-state index in [2.05, 4.69) is 0 Å². The van der Waals surface area contributed by atoms with Crippen LogP contribution in [-0.2, 0) is 6.42 Å². The zero-order chi connectivity index (χ0) is 12.7. The number of aliphatic hydroxyl groups is 1. The number of aliphatic hydroxyl groups excluding tert-OH is 1. The first-order chi connectivity index (χ1) is 8.08. The molecular weight excluding hydrogens is 222 g/mol. The summed E-state index contributed by atoms with van der Waals surface area (Å²) >= 11 is 0. The first-order valence-electron chi connectivity index (χ1n) is 6.21. The zero-order valence-electron chi connectivity index (χ0n) is 10.3. The lowest BCUT2D eigenvalue weighted by atomic mass is 10.0. The fourth-order valence-electron chi connectivity index (χ4n) is 1.88. The molecule has 0 amide bonds. The lowest BCUT2D eigenvalue weighted by Crippen LogP contribution is -1.98. The smallest absolute Gasteiger partial charge is 0.126 e. The van der Waals surface area contributed by atoms with Crippen LogP contribution in [0.3, 0.4) is 0 Å². The van der Waals surface area contributed by atoms with Crippen LogP contribution in [0.25, 0.3) is 0 Å². The number of hydrogen-bond acceptors (Lipinski definition) is 1. The average molecular weight is 242 g/mol. The summed E-state index contributed by atoms with van der Waals surface area (Å²) in [5.74, 6) is -1.01. The summed E-state index contributed by atoms with van der Waals surface area (Å²) in [4.78, 5) is 0. The topological polar surface area (TPSA) is 20.2 Å². The SMILES string of the molecule is CC(O)CCCCCCc1cc(F)cc(F)c1. The van der Waals surface area contributed by atoms with Gasteiger partial charge >= 0.3 is 0 Å². The van der Waals surface area contributed by atoms with Gasteiger partial charge in [-0.15, -0.1) is 0 Å². The molecule has 1 rings (SSSR count). The zero-order valence-corrected chi connectivity index (χ0v) is 10.3. The first kappa shape index (κ1) is 14.1.